The number of hydrogen-bond acceptors (Lipinski definition) is 3. The minimum absolute atomic E-state index is 0.220. The number of halogens is 3. The van der Waals surface area contributed by atoms with Crippen molar-refractivity contribution >= 4 is 12.1 Å². The van der Waals surface area contributed by atoms with Gasteiger partial charge in [-0.15, -0.1) is 0 Å². The summed E-state index contributed by atoms with van der Waals surface area (Å²) in [5.41, 5.74) is 1.26. The van der Waals surface area contributed by atoms with Crippen LogP contribution in [0.1, 0.15) is 43.2 Å². The highest BCUT2D eigenvalue weighted by atomic mass is 19.4. The number of piperidine rings is 1. The van der Waals surface area contributed by atoms with Crippen molar-refractivity contribution in [3.8, 4) is 5.75 Å². The summed E-state index contributed by atoms with van der Waals surface area (Å²) in [5, 5.41) is 2.65. The van der Waals surface area contributed by atoms with Crippen molar-refractivity contribution in [2.75, 3.05) is 31.6 Å². The molecule has 0 spiro atoms. The van der Waals surface area contributed by atoms with Gasteiger partial charge in [-0.3, -0.25) is 4.79 Å². The second-order valence-corrected chi connectivity index (χ2v) is 8.03. The van der Waals surface area contributed by atoms with E-state index in [0.29, 0.717) is 18.8 Å². The average molecular weight is 435 g/mol. The first-order valence-corrected chi connectivity index (χ1v) is 10.7. The predicted molar refractivity (Wildman–Crippen MR) is 115 cm³/mol. The zero-order chi connectivity index (χ0) is 22.3. The van der Waals surface area contributed by atoms with Crippen molar-refractivity contribution in [2.24, 2.45) is 5.92 Å². The van der Waals surface area contributed by atoms with E-state index in [1.807, 2.05) is 24.3 Å². The van der Waals surface area contributed by atoms with Crippen LogP contribution in [0.2, 0.25) is 0 Å². The van der Waals surface area contributed by atoms with Gasteiger partial charge < -0.3 is 15.0 Å². The third-order valence-corrected chi connectivity index (χ3v) is 5.86. The zero-order valence-electron chi connectivity index (χ0n) is 17.7. The van der Waals surface area contributed by atoms with Gasteiger partial charge in [-0.1, -0.05) is 25.5 Å². The van der Waals surface area contributed by atoms with Gasteiger partial charge in [0.25, 0.3) is 0 Å². The van der Waals surface area contributed by atoms with Gasteiger partial charge >= 0.3 is 6.18 Å². The number of rotatable bonds is 9. The highest BCUT2D eigenvalue weighted by Crippen LogP contribution is 2.35. The first-order chi connectivity index (χ1) is 14.9. The number of hydrogen-bond donors (Lipinski definition) is 1. The molecule has 31 heavy (non-hydrogen) atoms. The standard InChI is InChI=1S/C24H29F3N2O2/c1-2-3-13-29-14-12-23(18-4-8-21(9-5-18)28-17-30)19(15-29)16-31-22-10-6-20(7-11-22)24(25,26)27/h4-11,17,19,23H,2-3,12-16H2,1H3,(H,28,30)/t19-,23-/m1/s1. The van der Waals surface area contributed by atoms with Gasteiger partial charge in [0, 0.05) is 18.2 Å². The van der Waals surface area contributed by atoms with Crippen LogP contribution in [0.15, 0.2) is 48.5 Å². The molecular formula is C24H29F3N2O2. The summed E-state index contributed by atoms with van der Waals surface area (Å²) in [4.78, 5) is 13.1. The molecule has 168 valence electrons. The summed E-state index contributed by atoms with van der Waals surface area (Å²) in [5.74, 6) is 0.957. The van der Waals surface area contributed by atoms with Crippen molar-refractivity contribution in [1.82, 2.24) is 4.90 Å². The van der Waals surface area contributed by atoms with Gasteiger partial charge in [0.1, 0.15) is 5.75 Å². The molecule has 2 aromatic carbocycles. The van der Waals surface area contributed by atoms with Crippen molar-refractivity contribution in [2.45, 2.75) is 38.3 Å². The summed E-state index contributed by atoms with van der Waals surface area (Å²) < 4.78 is 44.3. The van der Waals surface area contributed by atoms with Crippen LogP contribution in [-0.2, 0) is 11.0 Å². The normalized spacial score (nSPS) is 19.7. The van der Waals surface area contributed by atoms with Crippen molar-refractivity contribution in [3.05, 3.63) is 59.7 Å². The van der Waals surface area contributed by atoms with E-state index in [1.54, 1.807) is 0 Å². The molecule has 2 aromatic rings. The maximum atomic E-state index is 12.8. The second kappa shape index (κ2) is 10.7. The highest BCUT2D eigenvalue weighted by Gasteiger charge is 2.32. The van der Waals surface area contributed by atoms with Crippen LogP contribution in [0.5, 0.6) is 5.75 Å². The van der Waals surface area contributed by atoms with Crippen LogP contribution in [0, 0.1) is 5.92 Å². The van der Waals surface area contributed by atoms with E-state index in [-0.39, 0.29) is 11.8 Å². The SMILES string of the molecule is CCCCN1CC[C@H](c2ccc(NC=O)cc2)[C@@H](COc2ccc(C(F)(F)F)cc2)C1. The fraction of sp³-hybridized carbons (Fsp3) is 0.458. The second-order valence-electron chi connectivity index (χ2n) is 8.03. The number of amides is 1. The molecule has 2 atom stereocenters. The first kappa shape index (κ1) is 23.1. The van der Waals surface area contributed by atoms with Gasteiger partial charge in [-0.25, -0.2) is 0 Å². The Morgan fingerprint density at radius 2 is 1.84 bits per heavy atom. The number of nitrogens with zero attached hydrogens (tertiary/aromatic N) is 1. The fourth-order valence-electron chi connectivity index (χ4n) is 4.14. The number of carbonyl (C=O) groups is 1. The molecule has 0 aromatic heterocycles. The molecule has 0 aliphatic carbocycles. The van der Waals surface area contributed by atoms with Crippen molar-refractivity contribution < 1.29 is 22.7 Å². The third-order valence-electron chi connectivity index (χ3n) is 5.86. The minimum atomic E-state index is -4.35. The molecule has 1 amide bonds. The molecule has 3 rings (SSSR count). The van der Waals surface area contributed by atoms with Gasteiger partial charge in [-0.2, -0.15) is 13.2 Å². The van der Waals surface area contributed by atoms with Crippen LogP contribution in [0.25, 0.3) is 0 Å². The van der Waals surface area contributed by atoms with E-state index < -0.39 is 11.7 Å². The predicted octanol–water partition coefficient (Wildman–Crippen LogP) is 5.56. The molecule has 1 heterocycles. The number of nitrogens with one attached hydrogen (secondary N) is 1. The molecule has 0 unspecified atom stereocenters. The fourth-order valence-corrected chi connectivity index (χ4v) is 4.14. The lowest BCUT2D eigenvalue weighted by Crippen LogP contribution is -2.42. The molecular weight excluding hydrogens is 405 g/mol. The van der Waals surface area contributed by atoms with E-state index in [0.717, 1.165) is 56.7 Å². The van der Waals surface area contributed by atoms with E-state index in [9.17, 15) is 18.0 Å². The molecule has 1 N–H and O–H groups in total. The quantitative estimate of drug-likeness (QED) is 0.526. The van der Waals surface area contributed by atoms with Gasteiger partial charge in [0.2, 0.25) is 6.41 Å². The number of carbonyl (C=O) groups excluding carboxylic acids is 1. The highest BCUT2D eigenvalue weighted by molar-refractivity contribution is 5.71. The smallest absolute Gasteiger partial charge is 0.416 e. The number of anilines is 1. The molecule has 0 radical (unpaired) electrons. The van der Waals surface area contributed by atoms with Crippen LogP contribution >= 0.6 is 0 Å². The van der Waals surface area contributed by atoms with Crippen LogP contribution in [0.4, 0.5) is 18.9 Å². The Bertz CT molecular complexity index is 822. The van der Waals surface area contributed by atoms with Crippen LogP contribution < -0.4 is 10.1 Å². The number of alkyl halides is 3. The Kier molecular flexibility index (Phi) is 7.96. The van der Waals surface area contributed by atoms with E-state index in [2.05, 4.69) is 17.1 Å². The molecule has 1 aliphatic rings. The molecule has 0 bridgehead atoms. The zero-order valence-corrected chi connectivity index (χ0v) is 17.7. The maximum absolute atomic E-state index is 12.8. The topological polar surface area (TPSA) is 41.6 Å². The minimum Gasteiger partial charge on any atom is -0.493 e. The Hall–Kier alpha value is -2.54. The molecule has 4 nitrogen and oxygen atoms in total. The number of unbranched alkanes of at least 4 members (excludes halogenated alkanes) is 1. The van der Waals surface area contributed by atoms with Crippen LogP contribution in [-0.4, -0.2) is 37.6 Å². The van der Waals surface area contributed by atoms with Crippen molar-refractivity contribution in [3.63, 3.8) is 0 Å². The first-order valence-electron chi connectivity index (χ1n) is 10.7. The lowest BCUT2D eigenvalue weighted by atomic mass is 9.80. The Labute approximate surface area is 181 Å². The van der Waals surface area contributed by atoms with Gasteiger partial charge in [0.05, 0.1) is 12.2 Å². The summed E-state index contributed by atoms with van der Waals surface area (Å²) >= 11 is 0. The monoisotopic (exact) mass is 434 g/mol. The van der Waals surface area contributed by atoms with E-state index in [1.165, 1.54) is 17.7 Å². The molecule has 1 fully saturated rings. The van der Waals surface area contributed by atoms with E-state index >= 15 is 0 Å². The summed E-state index contributed by atoms with van der Waals surface area (Å²) in [6.07, 6.45) is -0.425. The number of ether oxygens (including phenoxy) is 1. The van der Waals surface area contributed by atoms with Crippen LogP contribution in [0.3, 0.4) is 0 Å². The summed E-state index contributed by atoms with van der Waals surface area (Å²) in [6, 6.07) is 12.7. The van der Waals surface area contributed by atoms with Gasteiger partial charge in [0.15, 0.2) is 0 Å². The molecule has 1 aliphatic heterocycles. The third kappa shape index (κ3) is 6.47. The molecule has 1 saturated heterocycles. The van der Waals surface area contributed by atoms with Gasteiger partial charge in [-0.05, 0) is 73.8 Å². The number of likely N-dealkylation sites (tertiary alicyclic amines) is 1. The van der Waals surface area contributed by atoms with Crippen molar-refractivity contribution in [1.29, 1.82) is 0 Å². The molecule has 7 heteroatoms. The largest absolute Gasteiger partial charge is 0.493 e. The summed E-state index contributed by atoms with van der Waals surface area (Å²) in [7, 11) is 0. The lowest BCUT2D eigenvalue weighted by molar-refractivity contribution is -0.137. The Morgan fingerprint density at radius 3 is 2.45 bits per heavy atom. The molecule has 0 saturated carbocycles. The lowest BCUT2D eigenvalue weighted by Gasteiger charge is -2.39. The summed E-state index contributed by atoms with van der Waals surface area (Å²) in [6.45, 7) is 5.55. The Morgan fingerprint density at radius 1 is 1.13 bits per heavy atom. The Balaban J connectivity index is 1.70. The average Bonchev–Trinajstić information content (AvgIpc) is 2.77. The number of benzene rings is 2. The maximum Gasteiger partial charge on any atom is 0.416 e. The van der Waals surface area contributed by atoms with E-state index in [4.69, 9.17) is 4.74 Å².